The second-order valence-electron chi connectivity index (χ2n) is 9.01. The van der Waals surface area contributed by atoms with Crippen molar-refractivity contribution < 1.29 is 9.53 Å². The molecule has 0 bridgehead atoms. The number of hydrogen-bond donors (Lipinski definition) is 2. The number of aromatic nitrogens is 3. The molecule has 0 unspecified atom stereocenters. The minimum Gasteiger partial charge on any atom is -0.488 e. The molecule has 32 heavy (non-hydrogen) atoms. The molecule has 2 N–H and O–H groups in total. The van der Waals surface area contributed by atoms with Crippen LogP contribution in [0, 0.1) is 5.92 Å². The van der Waals surface area contributed by atoms with Gasteiger partial charge in [-0.3, -0.25) is 4.79 Å². The number of hydrogen-bond acceptors (Lipinski definition) is 6. The monoisotopic (exact) mass is 433 g/mol. The Hall–Kier alpha value is -3.09. The van der Waals surface area contributed by atoms with Gasteiger partial charge in [0.15, 0.2) is 5.78 Å². The third-order valence-electron chi connectivity index (χ3n) is 6.63. The molecular formula is C25H31N5O2. The maximum Gasteiger partial charge on any atom is 0.152 e. The summed E-state index contributed by atoms with van der Waals surface area (Å²) in [5.41, 5.74) is 1.77. The van der Waals surface area contributed by atoms with Gasteiger partial charge < -0.3 is 19.9 Å². The molecular weight excluding hydrogens is 402 g/mol. The molecule has 1 saturated carbocycles. The van der Waals surface area contributed by atoms with E-state index >= 15 is 0 Å². The lowest BCUT2D eigenvalue weighted by Gasteiger charge is -2.33. The largest absolute Gasteiger partial charge is 0.488 e. The van der Waals surface area contributed by atoms with Crippen molar-refractivity contribution in [3.63, 3.8) is 0 Å². The van der Waals surface area contributed by atoms with Gasteiger partial charge in [-0.05, 0) is 62.6 Å². The third kappa shape index (κ3) is 4.71. The van der Waals surface area contributed by atoms with Crippen molar-refractivity contribution in [1.82, 2.24) is 15.0 Å². The zero-order valence-electron chi connectivity index (χ0n) is 18.4. The van der Waals surface area contributed by atoms with Crippen molar-refractivity contribution in [3.8, 4) is 5.75 Å². The van der Waals surface area contributed by atoms with Gasteiger partial charge in [-0.2, -0.15) is 0 Å². The van der Waals surface area contributed by atoms with Gasteiger partial charge in [-0.25, -0.2) is 9.97 Å². The topological polar surface area (TPSA) is 83.1 Å². The lowest BCUT2D eigenvalue weighted by atomic mass is 9.92. The van der Waals surface area contributed by atoms with E-state index in [1.54, 1.807) is 6.33 Å². The highest BCUT2D eigenvalue weighted by Crippen LogP contribution is 2.30. The number of para-hydroxylation sites is 2. The molecule has 1 aromatic carbocycles. The first-order chi connectivity index (χ1) is 15.8. The molecule has 2 aliphatic rings. The Morgan fingerprint density at radius 2 is 2.00 bits per heavy atom. The number of nitrogens with one attached hydrogen (secondary N) is 2. The highest BCUT2D eigenvalue weighted by atomic mass is 16.5. The summed E-state index contributed by atoms with van der Waals surface area (Å²) in [4.78, 5) is 27.1. The zero-order chi connectivity index (χ0) is 21.8. The molecule has 0 spiro atoms. The molecule has 3 aromatic rings. The number of H-pyrrole nitrogens is 1. The Labute approximate surface area is 188 Å². The molecule has 1 aliphatic carbocycles. The van der Waals surface area contributed by atoms with Crippen LogP contribution in [-0.4, -0.2) is 46.5 Å². The lowest BCUT2D eigenvalue weighted by molar-refractivity contribution is -0.118. The van der Waals surface area contributed by atoms with E-state index in [-0.39, 0.29) is 5.78 Å². The first kappa shape index (κ1) is 20.8. The third-order valence-corrected chi connectivity index (χ3v) is 6.63. The molecule has 1 atom stereocenters. The number of anilines is 2. The van der Waals surface area contributed by atoms with Crippen LogP contribution >= 0.6 is 0 Å². The number of carbonyl (C=O) groups excluding carboxylic acids is 1. The van der Waals surface area contributed by atoms with Crippen LogP contribution in [-0.2, 0) is 4.79 Å². The van der Waals surface area contributed by atoms with E-state index in [1.807, 2.05) is 36.5 Å². The molecule has 0 radical (unpaired) electrons. The van der Waals surface area contributed by atoms with Crippen LogP contribution in [0.25, 0.3) is 11.0 Å². The highest BCUT2D eigenvalue weighted by molar-refractivity contribution is 5.87. The molecule has 3 heterocycles. The van der Waals surface area contributed by atoms with E-state index in [9.17, 15) is 4.79 Å². The van der Waals surface area contributed by atoms with Crippen molar-refractivity contribution in [2.45, 2.75) is 51.0 Å². The summed E-state index contributed by atoms with van der Waals surface area (Å²) in [5, 5.41) is 4.37. The maximum absolute atomic E-state index is 12.8. The second kappa shape index (κ2) is 9.59. The minimum absolute atomic E-state index is 0.238. The molecule has 168 valence electrons. The van der Waals surface area contributed by atoms with E-state index < -0.39 is 0 Å². The van der Waals surface area contributed by atoms with Crippen LogP contribution in [0.4, 0.5) is 11.5 Å². The van der Waals surface area contributed by atoms with E-state index in [0.717, 1.165) is 67.1 Å². The number of carbonyl (C=O) groups is 1. The number of Topliss-reactive ketones (excluding diaryl/α,β-unsaturated/α-hetero) is 1. The summed E-state index contributed by atoms with van der Waals surface area (Å²) in [6.45, 7) is 2.15. The second-order valence-corrected chi connectivity index (χ2v) is 9.01. The smallest absolute Gasteiger partial charge is 0.152 e. The van der Waals surface area contributed by atoms with Crippen LogP contribution in [0.2, 0.25) is 0 Å². The molecule has 2 aromatic heterocycles. The molecule has 0 amide bonds. The predicted octanol–water partition coefficient (Wildman–Crippen LogP) is 4.57. The Bertz CT molecular complexity index is 1060. The standard InChI is InChI=1S/C25H31N5O2/c31-19(15-27-22-9-3-4-10-23(22)32-20-7-1-2-8-20)14-18-6-5-13-30(16-18)25-21-11-12-26-24(21)28-17-29-25/h3-4,9-12,17-18,20,27H,1-2,5-8,13-16H2,(H,26,28,29)/t18-/m0/s1. The summed E-state index contributed by atoms with van der Waals surface area (Å²) in [5.74, 6) is 2.40. The molecule has 1 aliphatic heterocycles. The highest BCUT2D eigenvalue weighted by Gasteiger charge is 2.25. The number of aromatic amines is 1. The average Bonchev–Trinajstić information content (AvgIpc) is 3.50. The number of fused-ring (bicyclic) bond motifs is 1. The van der Waals surface area contributed by atoms with Crippen molar-refractivity contribution in [3.05, 3.63) is 42.9 Å². The summed E-state index contributed by atoms with van der Waals surface area (Å²) >= 11 is 0. The minimum atomic E-state index is 0.238. The SMILES string of the molecule is O=C(CNc1ccccc1OC1CCCC1)C[C@@H]1CCCN(c2ncnc3[nH]ccc23)C1. The van der Waals surface area contributed by atoms with E-state index in [0.29, 0.717) is 25.0 Å². The quantitative estimate of drug-likeness (QED) is 0.542. The van der Waals surface area contributed by atoms with Crippen LogP contribution in [0.1, 0.15) is 44.9 Å². The number of benzene rings is 1. The van der Waals surface area contributed by atoms with Crippen LogP contribution in [0.3, 0.4) is 0 Å². The number of ether oxygens (including phenoxy) is 1. The summed E-state index contributed by atoms with van der Waals surface area (Å²) < 4.78 is 6.19. The lowest BCUT2D eigenvalue weighted by Crippen LogP contribution is -2.37. The summed E-state index contributed by atoms with van der Waals surface area (Å²) in [6.07, 6.45) is 11.2. The van der Waals surface area contributed by atoms with Crippen LogP contribution in [0.5, 0.6) is 5.75 Å². The fourth-order valence-electron chi connectivity index (χ4n) is 5.02. The molecule has 1 saturated heterocycles. The Kier molecular flexibility index (Phi) is 6.23. The number of ketones is 1. The van der Waals surface area contributed by atoms with Crippen LogP contribution in [0.15, 0.2) is 42.9 Å². The summed E-state index contributed by atoms with van der Waals surface area (Å²) in [6, 6.07) is 9.98. The van der Waals surface area contributed by atoms with E-state index in [1.165, 1.54) is 12.8 Å². The molecule has 5 rings (SSSR count). The van der Waals surface area contributed by atoms with Gasteiger partial charge in [0.25, 0.3) is 0 Å². The number of nitrogens with zero attached hydrogens (tertiary/aromatic N) is 3. The average molecular weight is 434 g/mol. The molecule has 7 nitrogen and oxygen atoms in total. The van der Waals surface area contributed by atoms with Gasteiger partial charge in [0.05, 0.1) is 23.7 Å². The van der Waals surface area contributed by atoms with Gasteiger partial charge in [-0.15, -0.1) is 0 Å². The van der Waals surface area contributed by atoms with Crippen molar-refractivity contribution in [1.29, 1.82) is 0 Å². The van der Waals surface area contributed by atoms with Crippen molar-refractivity contribution in [2.75, 3.05) is 29.9 Å². The van der Waals surface area contributed by atoms with Crippen LogP contribution < -0.4 is 15.0 Å². The van der Waals surface area contributed by atoms with E-state index in [4.69, 9.17) is 4.74 Å². The first-order valence-electron chi connectivity index (χ1n) is 11.8. The Morgan fingerprint density at radius 1 is 1.12 bits per heavy atom. The van der Waals surface area contributed by atoms with Gasteiger partial charge in [0.2, 0.25) is 0 Å². The van der Waals surface area contributed by atoms with Gasteiger partial charge >= 0.3 is 0 Å². The Balaban J connectivity index is 1.17. The fraction of sp³-hybridized carbons (Fsp3) is 0.480. The predicted molar refractivity (Wildman–Crippen MR) is 126 cm³/mol. The zero-order valence-corrected chi connectivity index (χ0v) is 18.4. The normalized spacial score (nSPS) is 19.4. The van der Waals surface area contributed by atoms with E-state index in [2.05, 4.69) is 25.2 Å². The van der Waals surface area contributed by atoms with Gasteiger partial charge in [0, 0.05) is 25.7 Å². The van der Waals surface area contributed by atoms with Gasteiger partial charge in [0.1, 0.15) is 23.5 Å². The van der Waals surface area contributed by atoms with Crippen molar-refractivity contribution >= 4 is 28.3 Å². The Morgan fingerprint density at radius 3 is 2.91 bits per heavy atom. The number of piperidine rings is 1. The van der Waals surface area contributed by atoms with Crippen molar-refractivity contribution in [2.24, 2.45) is 5.92 Å². The number of rotatable bonds is 8. The molecule has 2 fully saturated rings. The molecule has 7 heteroatoms. The first-order valence-corrected chi connectivity index (χ1v) is 11.8. The fourth-order valence-corrected chi connectivity index (χ4v) is 5.02. The maximum atomic E-state index is 12.8. The summed E-state index contributed by atoms with van der Waals surface area (Å²) in [7, 11) is 0. The van der Waals surface area contributed by atoms with Gasteiger partial charge in [-0.1, -0.05) is 12.1 Å².